The van der Waals surface area contributed by atoms with Crippen LogP contribution in [-0.4, -0.2) is 54.4 Å². The second kappa shape index (κ2) is 8.26. The molecule has 0 spiro atoms. The van der Waals surface area contributed by atoms with Gasteiger partial charge in [0.05, 0.1) is 18.2 Å². The van der Waals surface area contributed by atoms with Crippen LogP contribution in [-0.2, 0) is 4.79 Å². The van der Waals surface area contributed by atoms with Gasteiger partial charge >= 0.3 is 0 Å². The molecule has 0 radical (unpaired) electrons. The number of likely N-dealkylation sites (tertiary alicyclic amines) is 1. The number of carbonyl (C=O) groups is 2. The van der Waals surface area contributed by atoms with Gasteiger partial charge in [-0.2, -0.15) is 0 Å². The number of alkyl halides is 2. The van der Waals surface area contributed by atoms with E-state index in [1.54, 1.807) is 11.0 Å². The van der Waals surface area contributed by atoms with Crippen LogP contribution in [0.15, 0.2) is 24.3 Å². The van der Waals surface area contributed by atoms with Crippen molar-refractivity contribution >= 4 is 24.2 Å². The Hall–Kier alpha value is -1.80. The number of benzene rings is 1. The van der Waals surface area contributed by atoms with Gasteiger partial charge in [0, 0.05) is 25.6 Å². The number of amides is 2. The van der Waals surface area contributed by atoms with E-state index in [0.29, 0.717) is 25.9 Å². The highest BCUT2D eigenvalue weighted by Gasteiger charge is 2.42. The molecule has 9 heteroatoms. The van der Waals surface area contributed by atoms with Crippen LogP contribution >= 0.6 is 12.4 Å². The van der Waals surface area contributed by atoms with Crippen molar-refractivity contribution in [2.24, 2.45) is 0 Å². The number of piperidine rings is 1. The Morgan fingerprint density at radius 1 is 1.19 bits per heavy atom. The van der Waals surface area contributed by atoms with Gasteiger partial charge in [0.2, 0.25) is 5.91 Å². The van der Waals surface area contributed by atoms with E-state index in [2.05, 4.69) is 10.6 Å². The van der Waals surface area contributed by atoms with E-state index >= 15 is 0 Å². The Balaban J connectivity index is 0.00000243. The van der Waals surface area contributed by atoms with Crippen molar-refractivity contribution in [1.82, 2.24) is 15.5 Å². The predicted octanol–water partition coefficient (Wildman–Crippen LogP) is 1.97. The van der Waals surface area contributed by atoms with Gasteiger partial charge in [0.1, 0.15) is 5.82 Å². The summed E-state index contributed by atoms with van der Waals surface area (Å²) < 4.78 is 40.0. The number of hydrogen-bond acceptors (Lipinski definition) is 3. The van der Waals surface area contributed by atoms with E-state index in [-0.39, 0.29) is 29.9 Å². The maximum Gasteiger partial charge on any atom is 0.262 e. The molecule has 1 unspecified atom stereocenters. The van der Waals surface area contributed by atoms with Crippen molar-refractivity contribution in [2.45, 2.75) is 37.3 Å². The monoisotopic (exact) mass is 391 g/mol. The number of hydrogen-bond donors (Lipinski definition) is 2. The van der Waals surface area contributed by atoms with Crippen LogP contribution in [0.4, 0.5) is 13.2 Å². The van der Waals surface area contributed by atoms with Crippen molar-refractivity contribution in [1.29, 1.82) is 0 Å². The number of nitrogens with zero attached hydrogens (tertiary/aromatic N) is 1. The Bertz CT molecular complexity index is 666. The Morgan fingerprint density at radius 3 is 2.42 bits per heavy atom. The maximum absolute atomic E-state index is 13.7. The average Bonchev–Trinajstić information content (AvgIpc) is 2.95. The van der Waals surface area contributed by atoms with Gasteiger partial charge in [0.15, 0.2) is 0 Å². The molecule has 2 saturated heterocycles. The lowest BCUT2D eigenvalue weighted by atomic mass is 10.0. The van der Waals surface area contributed by atoms with Crippen molar-refractivity contribution in [3.8, 4) is 0 Å². The van der Waals surface area contributed by atoms with Crippen LogP contribution in [0.2, 0.25) is 0 Å². The first-order chi connectivity index (χ1) is 11.9. The van der Waals surface area contributed by atoms with Crippen LogP contribution in [0.5, 0.6) is 0 Å². The summed E-state index contributed by atoms with van der Waals surface area (Å²) >= 11 is 0. The first-order valence-electron chi connectivity index (χ1n) is 8.31. The quantitative estimate of drug-likeness (QED) is 0.828. The highest BCUT2D eigenvalue weighted by Crippen LogP contribution is 2.25. The van der Waals surface area contributed by atoms with E-state index in [1.165, 1.54) is 18.2 Å². The largest absolute Gasteiger partial charge is 0.352 e. The van der Waals surface area contributed by atoms with Crippen LogP contribution < -0.4 is 10.6 Å². The minimum absolute atomic E-state index is 0. The molecule has 2 N–H and O–H groups in total. The number of halogens is 4. The Kier molecular flexibility index (Phi) is 6.52. The molecule has 2 aliphatic heterocycles. The summed E-state index contributed by atoms with van der Waals surface area (Å²) in [6, 6.07) is 4.76. The molecule has 26 heavy (non-hydrogen) atoms. The molecule has 3 rings (SSSR count). The topological polar surface area (TPSA) is 61.4 Å². The van der Waals surface area contributed by atoms with Gasteiger partial charge in [-0.3, -0.25) is 14.9 Å². The van der Waals surface area contributed by atoms with Gasteiger partial charge in [-0.25, -0.2) is 13.2 Å². The van der Waals surface area contributed by atoms with Gasteiger partial charge in [0.25, 0.3) is 11.8 Å². The third-order valence-corrected chi connectivity index (χ3v) is 4.66. The zero-order chi connectivity index (χ0) is 18.0. The fraction of sp³-hybridized carbons (Fsp3) is 0.529. The number of carbonyl (C=O) groups excluding carboxylic acids is 2. The molecule has 0 aliphatic carbocycles. The third kappa shape index (κ3) is 4.67. The molecular weight excluding hydrogens is 371 g/mol. The fourth-order valence-electron chi connectivity index (χ4n) is 3.23. The number of rotatable bonds is 3. The summed E-state index contributed by atoms with van der Waals surface area (Å²) in [6.07, 6.45) is 0.521. The van der Waals surface area contributed by atoms with Crippen molar-refractivity contribution < 1.29 is 22.8 Å². The first-order valence-corrected chi connectivity index (χ1v) is 8.31. The zero-order valence-corrected chi connectivity index (χ0v) is 14.8. The summed E-state index contributed by atoms with van der Waals surface area (Å²) in [5, 5.41) is 5.29. The van der Waals surface area contributed by atoms with Crippen LogP contribution in [0, 0.1) is 5.82 Å². The molecule has 0 bridgehead atoms. The van der Waals surface area contributed by atoms with E-state index in [0.717, 1.165) is 0 Å². The number of nitrogens with one attached hydrogen (secondary N) is 2. The van der Waals surface area contributed by atoms with Crippen molar-refractivity contribution in [3.05, 3.63) is 35.6 Å². The summed E-state index contributed by atoms with van der Waals surface area (Å²) in [4.78, 5) is 25.9. The average molecular weight is 392 g/mol. The molecule has 5 nitrogen and oxygen atoms in total. The molecule has 2 aliphatic rings. The SMILES string of the molecule is Cl.O=C(NC1CCN(C(=O)c2ccccc2F)CC1)C1CC(F)(F)CN1. The maximum atomic E-state index is 13.7. The second-order valence-corrected chi connectivity index (χ2v) is 6.55. The van der Waals surface area contributed by atoms with E-state index < -0.39 is 36.7 Å². The Morgan fingerprint density at radius 2 is 1.85 bits per heavy atom. The summed E-state index contributed by atoms with van der Waals surface area (Å²) in [7, 11) is 0. The molecule has 144 valence electrons. The van der Waals surface area contributed by atoms with E-state index in [4.69, 9.17) is 0 Å². The third-order valence-electron chi connectivity index (χ3n) is 4.66. The van der Waals surface area contributed by atoms with Crippen LogP contribution in [0.1, 0.15) is 29.6 Å². The van der Waals surface area contributed by atoms with Crippen molar-refractivity contribution in [2.75, 3.05) is 19.6 Å². The lowest BCUT2D eigenvalue weighted by Gasteiger charge is -2.33. The molecule has 2 amide bonds. The first kappa shape index (κ1) is 20.5. The molecule has 1 atom stereocenters. The summed E-state index contributed by atoms with van der Waals surface area (Å²) in [5.41, 5.74) is 0.0300. The molecule has 0 saturated carbocycles. The summed E-state index contributed by atoms with van der Waals surface area (Å²) in [5.74, 6) is -4.22. The highest BCUT2D eigenvalue weighted by atomic mass is 35.5. The second-order valence-electron chi connectivity index (χ2n) is 6.55. The fourth-order valence-corrected chi connectivity index (χ4v) is 3.23. The van der Waals surface area contributed by atoms with Gasteiger partial charge < -0.3 is 10.2 Å². The normalized spacial score (nSPS) is 22.6. The molecule has 0 aromatic heterocycles. The highest BCUT2D eigenvalue weighted by molar-refractivity contribution is 5.94. The standard InChI is InChI=1S/C17H20F3N3O2.ClH/c18-13-4-2-1-3-12(13)16(25)23-7-5-11(6-8-23)22-15(24)14-9-17(19,20)10-21-14;/h1-4,11,14,21H,5-10H2,(H,22,24);1H. The van der Waals surface area contributed by atoms with E-state index in [9.17, 15) is 22.8 Å². The minimum Gasteiger partial charge on any atom is -0.352 e. The van der Waals surface area contributed by atoms with E-state index in [1.807, 2.05) is 0 Å². The van der Waals surface area contributed by atoms with Gasteiger partial charge in [-0.15, -0.1) is 12.4 Å². The Labute approximate surface area is 155 Å². The minimum atomic E-state index is -2.85. The lowest BCUT2D eigenvalue weighted by Crippen LogP contribution is -2.50. The molecule has 2 fully saturated rings. The molecule has 2 heterocycles. The summed E-state index contributed by atoms with van der Waals surface area (Å²) in [6.45, 7) is 0.277. The smallest absolute Gasteiger partial charge is 0.262 e. The van der Waals surface area contributed by atoms with Crippen LogP contribution in [0.25, 0.3) is 0 Å². The zero-order valence-electron chi connectivity index (χ0n) is 14.0. The van der Waals surface area contributed by atoms with Crippen molar-refractivity contribution in [3.63, 3.8) is 0 Å². The predicted molar refractivity (Wildman–Crippen MR) is 92.1 cm³/mol. The van der Waals surface area contributed by atoms with Gasteiger partial charge in [-0.1, -0.05) is 12.1 Å². The van der Waals surface area contributed by atoms with Crippen LogP contribution in [0.3, 0.4) is 0 Å². The molecular formula is C17H21ClF3N3O2. The van der Waals surface area contributed by atoms with Gasteiger partial charge in [-0.05, 0) is 25.0 Å². The molecule has 1 aromatic rings. The molecule has 1 aromatic carbocycles. The lowest BCUT2D eigenvalue weighted by molar-refractivity contribution is -0.124.